The second-order valence-corrected chi connectivity index (χ2v) is 4.18. The average Bonchev–Trinajstić information content (AvgIpc) is 2.34. The van der Waals surface area contributed by atoms with Gasteiger partial charge in [-0.2, -0.15) is 0 Å². The molecule has 1 amide bonds. The molecule has 0 aliphatic heterocycles. The van der Waals surface area contributed by atoms with Gasteiger partial charge in [0, 0.05) is 17.6 Å². The molecule has 0 atom stereocenters. The normalized spacial score (nSPS) is 9.89. The van der Waals surface area contributed by atoms with Crippen LogP contribution in [0.3, 0.4) is 0 Å². The largest absolute Gasteiger partial charge is 0.340 e. The summed E-state index contributed by atoms with van der Waals surface area (Å²) in [5.41, 5.74) is 1.57. The molecule has 0 saturated carbocycles. The van der Waals surface area contributed by atoms with E-state index in [0.717, 1.165) is 5.69 Å². The van der Waals surface area contributed by atoms with Crippen LogP contribution in [0.4, 0.5) is 17.2 Å². The highest BCUT2D eigenvalue weighted by atomic mass is 35.5. The highest BCUT2D eigenvalue weighted by Gasteiger charge is 1.98. The smallest absolute Gasteiger partial charge is 0.221 e. The molecule has 5 heteroatoms. The number of amides is 1. The molecule has 0 bridgehead atoms. The molecular formula is C13H12ClN3O. The molecule has 0 aliphatic rings. The van der Waals surface area contributed by atoms with E-state index in [1.165, 1.54) is 6.92 Å². The molecule has 0 fully saturated rings. The molecule has 1 heterocycles. The van der Waals surface area contributed by atoms with Gasteiger partial charge in [-0.25, -0.2) is 4.98 Å². The number of benzene rings is 1. The molecule has 92 valence electrons. The lowest BCUT2D eigenvalue weighted by Crippen LogP contribution is -2.06. The van der Waals surface area contributed by atoms with Crippen molar-refractivity contribution in [1.29, 1.82) is 0 Å². The summed E-state index contributed by atoms with van der Waals surface area (Å²) in [7, 11) is 0. The molecular weight excluding hydrogens is 250 g/mol. The van der Waals surface area contributed by atoms with Crippen LogP contribution in [0.15, 0.2) is 42.6 Å². The summed E-state index contributed by atoms with van der Waals surface area (Å²) in [5, 5.41) is 6.48. The van der Waals surface area contributed by atoms with Crippen LogP contribution in [-0.4, -0.2) is 10.9 Å². The van der Waals surface area contributed by atoms with Crippen molar-refractivity contribution in [1.82, 2.24) is 4.98 Å². The maximum absolute atomic E-state index is 10.9. The molecule has 0 saturated heterocycles. The third-order valence-electron chi connectivity index (χ3n) is 2.20. The fourth-order valence-electron chi connectivity index (χ4n) is 1.43. The van der Waals surface area contributed by atoms with Crippen molar-refractivity contribution in [3.05, 3.63) is 47.6 Å². The molecule has 0 radical (unpaired) electrons. The van der Waals surface area contributed by atoms with E-state index in [4.69, 9.17) is 11.6 Å². The number of pyridine rings is 1. The van der Waals surface area contributed by atoms with E-state index in [9.17, 15) is 4.79 Å². The van der Waals surface area contributed by atoms with Gasteiger partial charge in [-0.15, -0.1) is 0 Å². The molecule has 2 aromatic rings. The summed E-state index contributed by atoms with van der Waals surface area (Å²) in [4.78, 5) is 15.0. The van der Waals surface area contributed by atoms with Crippen LogP contribution >= 0.6 is 11.6 Å². The van der Waals surface area contributed by atoms with Gasteiger partial charge in [0.1, 0.15) is 5.82 Å². The molecule has 0 spiro atoms. The Morgan fingerprint density at radius 1 is 1.11 bits per heavy atom. The fourth-order valence-corrected chi connectivity index (χ4v) is 1.55. The standard InChI is InChI=1S/C13H12ClN3O/c1-9(18)16-12-6-7-13(15-8-12)17-11-4-2-10(14)3-5-11/h2-8H,1H3,(H,15,17)(H,16,18). The van der Waals surface area contributed by atoms with Gasteiger partial charge in [0.2, 0.25) is 5.91 Å². The van der Waals surface area contributed by atoms with Crippen molar-refractivity contribution in [2.24, 2.45) is 0 Å². The predicted molar refractivity (Wildman–Crippen MR) is 73.3 cm³/mol. The summed E-state index contributed by atoms with van der Waals surface area (Å²) in [6, 6.07) is 10.9. The quantitative estimate of drug-likeness (QED) is 0.890. The van der Waals surface area contributed by atoms with E-state index in [-0.39, 0.29) is 5.91 Å². The predicted octanol–water partition coefficient (Wildman–Crippen LogP) is 3.44. The molecule has 0 unspecified atom stereocenters. The van der Waals surface area contributed by atoms with Gasteiger partial charge >= 0.3 is 0 Å². The van der Waals surface area contributed by atoms with Crippen LogP contribution in [0.2, 0.25) is 5.02 Å². The van der Waals surface area contributed by atoms with Crippen molar-refractivity contribution in [2.45, 2.75) is 6.92 Å². The monoisotopic (exact) mass is 261 g/mol. The average molecular weight is 262 g/mol. The van der Waals surface area contributed by atoms with Crippen molar-refractivity contribution in [2.75, 3.05) is 10.6 Å². The summed E-state index contributed by atoms with van der Waals surface area (Å²) in [6.45, 7) is 1.46. The summed E-state index contributed by atoms with van der Waals surface area (Å²) in [6.07, 6.45) is 1.60. The maximum Gasteiger partial charge on any atom is 0.221 e. The topological polar surface area (TPSA) is 54.0 Å². The van der Waals surface area contributed by atoms with Gasteiger partial charge in [-0.1, -0.05) is 11.6 Å². The minimum atomic E-state index is -0.116. The van der Waals surface area contributed by atoms with Crippen molar-refractivity contribution >= 4 is 34.7 Å². The number of anilines is 3. The van der Waals surface area contributed by atoms with Crippen LogP contribution in [0, 0.1) is 0 Å². The highest BCUT2D eigenvalue weighted by molar-refractivity contribution is 6.30. The third-order valence-corrected chi connectivity index (χ3v) is 2.45. The van der Waals surface area contributed by atoms with Crippen LogP contribution < -0.4 is 10.6 Å². The zero-order valence-corrected chi connectivity index (χ0v) is 10.5. The lowest BCUT2D eigenvalue weighted by molar-refractivity contribution is -0.114. The van der Waals surface area contributed by atoms with E-state index >= 15 is 0 Å². The Kier molecular flexibility index (Phi) is 3.79. The number of rotatable bonds is 3. The van der Waals surface area contributed by atoms with Crippen LogP contribution in [0.5, 0.6) is 0 Å². The fraction of sp³-hybridized carbons (Fsp3) is 0.0769. The van der Waals surface area contributed by atoms with E-state index in [0.29, 0.717) is 16.5 Å². The number of halogens is 1. The second-order valence-electron chi connectivity index (χ2n) is 3.75. The molecule has 0 aliphatic carbocycles. The maximum atomic E-state index is 10.9. The van der Waals surface area contributed by atoms with E-state index < -0.39 is 0 Å². The van der Waals surface area contributed by atoms with Gasteiger partial charge in [-0.05, 0) is 36.4 Å². The Labute approximate surface area is 110 Å². The molecule has 1 aromatic heterocycles. The number of aromatic nitrogens is 1. The lowest BCUT2D eigenvalue weighted by Gasteiger charge is -2.06. The molecule has 2 rings (SSSR count). The van der Waals surface area contributed by atoms with Gasteiger partial charge in [0.25, 0.3) is 0 Å². The van der Waals surface area contributed by atoms with E-state index in [1.807, 2.05) is 12.1 Å². The number of carbonyl (C=O) groups excluding carboxylic acids is 1. The Balaban J connectivity index is 2.06. The Morgan fingerprint density at radius 2 is 1.78 bits per heavy atom. The van der Waals surface area contributed by atoms with Gasteiger partial charge in [-0.3, -0.25) is 4.79 Å². The minimum absolute atomic E-state index is 0.116. The Bertz CT molecular complexity index is 537. The van der Waals surface area contributed by atoms with E-state index in [2.05, 4.69) is 15.6 Å². The van der Waals surface area contributed by atoms with Gasteiger partial charge < -0.3 is 10.6 Å². The zero-order chi connectivity index (χ0) is 13.0. The first-order valence-electron chi connectivity index (χ1n) is 5.40. The van der Waals surface area contributed by atoms with Crippen molar-refractivity contribution in [3.8, 4) is 0 Å². The lowest BCUT2D eigenvalue weighted by atomic mass is 10.3. The second kappa shape index (κ2) is 5.51. The van der Waals surface area contributed by atoms with E-state index in [1.54, 1.807) is 30.5 Å². The third kappa shape index (κ3) is 3.46. The first-order valence-corrected chi connectivity index (χ1v) is 5.77. The number of hydrogen-bond donors (Lipinski definition) is 2. The number of nitrogens with zero attached hydrogens (tertiary/aromatic N) is 1. The Hall–Kier alpha value is -2.07. The van der Waals surface area contributed by atoms with Crippen molar-refractivity contribution in [3.63, 3.8) is 0 Å². The zero-order valence-electron chi connectivity index (χ0n) is 9.77. The van der Waals surface area contributed by atoms with Gasteiger partial charge in [0.05, 0.1) is 11.9 Å². The van der Waals surface area contributed by atoms with Crippen LogP contribution in [-0.2, 0) is 4.79 Å². The number of carbonyl (C=O) groups is 1. The summed E-state index contributed by atoms with van der Waals surface area (Å²) in [5.74, 6) is 0.585. The minimum Gasteiger partial charge on any atom is -0.340 e. The number of hydrogen-bond acceptors (Lipinski definition) is 3. The summed E-state index contributed by atoms with van der Waals surface area (Å²) < 4.78 is 0. The molecule has 4 nitrogen and oxygen atoms in total. The van der Waals surface area contributed by atoms with Crippen molar-refractivity contribution < 1.29 is 4.79 Å². The molecule has 2 N–H and O–H groups in total. The molecule has 18 heavy (non-hydrogen) atoms. The summed E-state index contributed by atoms with van der Waals surface area (Å²) >= 11 is 5.80. The highest BCUT2D eigenvalue weighted by Crippen LogP contribution is 2.18. The Morgan fingerprint density at radius 3 is 2.33 bits per heavy atom. The SMILES string of the molecule is CC(=O)Nc1ccc(Nc2ccc(Cl)cc2)nc1. The molecule has 1 aromatic carbocycles. The van der Waals surface area contributed by atoms with Crippen LogP contribution in [0.1, 0.15) is 6.92 Å². The van der Waals surface area contributed by atoms with Gasteiger partial charge in [0.15, 0.2) is 0 Å². The van der Waals surface area contributed by atoms with Crippen LogP contribution in [0.25, 0.3) is 0 Å². The number of nitrogens with one attached hydrogen (secondary N) is 2. The first-order chi connectivity index (χ1) is 8.63. The first kappa shape index (κ1) is 12.4.